The molecule has 0 saturated carbocycles. The number of alkyl halides is 3. The molecule has 164 valence electrons. The van der Waals surface area contributed by atoms with Crippen LogP contribution in [0, 0.1) is 5.82 Å². The molecule has 2 atom stereocenters. The van der Waals surface area contributed by atoms with Crippen LogP contribution in [0.2, 0.25) is 0 Å². The predicted octanol–water partition coefficient (Wildman–Crippen LogP) is 6.24. The molecule has 0 amide bonds. The summed E-state index contributed by atoms with van der Waals surface area (Å²) in [5, 5.41) is 0. The molecule has 7 heteroatoms. The Labute approximate surface area is 183 Å². The number of nitrogens with zero attached hydrogens (tertiary/aromatic N) is 2. The maximum absolute atomic E-state index is 14.8. The van der Waals surface area contributed by atoms with Crippen LogP contribution in [0.25, 0.3) is 0 Å². The van der Waals surface area contributed by atoms with Crippen molar-refractivity contribution in [3.05, 3.63) is 101 Å². The maximum atomic E-state index is 14.8. The molecule has 1 aliphatic heterocycles. The Bertz CT molecular complexity index is 1110. The minimum absolute atomic E-state index is 0.123. The van der Waals surface area contributed by atoms with E-state index in [1.807, 2.05) is 60.7 Å². The zero-order valence-corrected chi connectivity index (χ0v) is 17.2. The molecule has 3 aromatic rings. The lowest BCUT2D eigenvalue weighted by Crippen LogP contribution is -2.48. The van der Waals surface area contributed by atoms with Crippen LogP contribution in [-0.2, 0) is 10.3 Å². The van der Waals surface area contributed by atoms with E-state index in [2.05, 4.69) is 9.98 Å². The third-order valence-electron chi connectivity index (χ3n) is 5.31. The van der Waals surface area contributed by atoms with E-state index in [1.165, 1.54) is 13.0 Å². The lowest BCUT2D eigenvalue weighted by Gasteiger charge is -2.36. The largest absolute Gasteiger partial charge is 0.478 e. The average molecular weight is 440 g/mol. The van der Waals surface area contributed by atoms with E-state index >= 15 is 0 Å². The van der Waals surface area contributed by atoms with Gasteiger partial charge in [-0.05, 0) is 18.2 Å². The standard InChI is InChI=1S/C25H20F4N2O/c1-16-31-25(24(28)29,22(27)15-32-16)20-14-19(12-13-21(20)26)30-23(17-8-4-2-5-9-17)18-10-6-3-7-11-18/h2-14,22,24H,15H2,1H3/t22-,25-/m1/s1. The number of halogens is 4. The van der Waals surface area contributed by atoms with Crippen molar-refractivity contribution in [2.45, 2.75) is 25.1 Å². The van der Waals surface area contributed by atoms with Crippen LogP contribution in [0.15, 0.2) is 88.8 Å². The molecule has 0 bridgehead atoms. The lowest BCUT2D eigenvalue weighted by molar-refractivity contribution is -0.0298. The highest BCUT2D eigenvalue weighted by atomic mass is 19.3. The quantitative estimate of drug-likeness (QED) is 0.341. The van der Waals surface area contributed by atoms with Gasteiger partial charge in [-0.2, -0.15) is 0 Å². The Morgan fingerprint density at radius 1 is 1.00 bits per heavy atom. The molecule has 0 fully saturated rings. The van der Waals surface area contributed by atoms with Gasteiger partial charge in [-0.3, -0.25) is 0 Å². The topological polar surface area (TPSA) is 34.0 Å². The number of hydrogen-bond acceptors (Lipinski definition) is 3. The van der Waals surface area contributed by atoms with Gasteiger partial charge in [0.15, 0.2) is 17.6 Å². The summed E-state index contributed by atoms with van der Waals surface area (Å²) >= 11 is 0. The Balaban J connectivity index is 1.89. The van der Waals surface area contributed by atoms with Gasteiger partial charge in [0.2, 0.25) is 0 Å². The molecule has 1 heterocycles. The molecule has 0 unspecified atom stereocenters. The predicted molar refractivity (Wildman–Crippen MR) is 116 cm³/mol. The SMILES string of the molecule is CC1=N[C@@](c2cc(N=C(c3ccccc3)c3ccccc3)ccc2F)(C(F)F)[C@H](F)CO1. The van der Waals surface area contributed by atoms with Crippen molar-refractivity contribution in [3.63, 3.8) is 0 Å². The molecule has 3 aromatic carbocycles. The molecular weight excluding hydrogens is 420 g/mol. The zero-order valence-electron chi connectivity index (χ0n) is 17.2. The van der Waals surface area contributed by atoms with Crippen molar-refractivity contribution in [1.29, 1.82) is 0 Å². The lowest BCUT2D eigenvalue weighted by atomic mass is 9.84. The van der Waals surface area contributed by atoms with E-state index < -0.39 is 36.1 Å². The second-order valence-corrected chi connectivity index (χ2v) is 7.39. The van der Waals surface area contributed by atoms with Crippen LogP contribution in [0.1, 0.15) is 23.6 Å². The van der Waals surface area contributed by atoms with Gasteiger partial charge < -0.3 is 4.74 Å². The van der Waals surface area contributed by atoms with Gasteiger partial charge in [-0.25, -0.2) is 27.5 Å². The van der Waals surface area contributed by atoms with Gasteiger partial charge in [-0.15, -0.1) is 0 Å². The van der Waals surface area contributed by atoms with Crippen LogP contribution in [0.3, 0.4) is 0 Å². The van der Waals surface area contributed by atoms with Crippen LogP contribution in [-0.4, -0.2) is 30.8 Å². The first-order valence-corrected chi connectivity index (χ1v) is 10.0. The van der Waals surface area contributed by atoms with Crippen molar-refractivity contribution in [1.82, 2.24) is 0 Å². The van der Waals surface area contributed by atoms with E-state index in [-0.39, 0.29) is 11.6 Å². The van der Waals surface area contributed by atoms with Gasteiger partial charge >= 0.3 is 0 Å². The second-order valence-electron chi connectivity index (χ2n) is 7.39. The summed E-state index contributed by atoms with van der Waals surface area (Å²) in [5.41, 5.74) is -0.899. The van der Waals surface area contributed by atoms with E-state index in [9.17, 15) is 17.6 Å². The summed E-state index contributed by atoms with van der Waals surface area (Å²) in [6.45, 7) is 0.706. The summed E-state index contributed by atoms with van der Waals surface area (Å²) in [6.07, 6.45) is -5.50. The number of ether oxygens (including phenoxy) is 1. The third-order valence-corrected chi connectivity index (χ3v) is 5.31. The summed E-state index contributed by atoms with van der Waals surface area (Å²) < 4.78 is 62.9. The number of benzene rings is 3. The Hall–Kier alpha value is -3.48. The molecule has 0 aliphatic carbocycles. The molecule has 1 aliphatic rings. The maximum Gasteiger partial charge on any atom is 0.270 e. The van der Waals surface area contributed by atoms with Crippen molar-refractivity contribution in [3.8, 4) is 0 Å². The molecule has 0 radical (unpaired) electrons. The Kier molecular flexibility index (Phi) is 6.08. The van der Waals surface area contributed by atoms with E-state index in [4.69, 9.17) is 4.74 Å². The van der Waals surface area contributed by atoms with Gasteiger partial charge in [0.05, 0.1) is 11.4 Å². The Morgan fingerprint density at radius 3 is 2.16 bits per heavy atom. The highest BCUT2D eigenvalue weighted by Crippen LogP contribution is 2.43. The molecule has 4 rings (SSSR count). The van der Waals surface area contributed by atoms with Crippen LogP contribution in [0.4, 0.5) is 23.2 Å². The highest BCUT2D eigenvalue weighted by molar-refractivity contribution is 6.13. The minimum atomic E-state index is -3.28. The van der Waals surface area contributed by atoms with Crippen LogP contribution < -0.4 is 0 Å². The van der Waals surface area contributed by atoms with Gasteiger partial charge in [0.1, 0.15) is 12.4 Å². The van der Waals surface area contributed by atoms with Crippen molar-refractivity contribution in [2.75, 3.05) is 6.61 Å². The molecule has 0 aromatic heterocycles. The molecule has 0 N–H and O–H groups in total. The third kappa shape index (κ3) is 4.02. The molecule has 3 nitrogen and oxygen atoms in total. The minimum Gasteiger partial charge on any atom is -0.478 e. The van der Waals surface area contributed by atoms with Crippen LogP contribution in [0.5, 0.6) is 0 Å². The first kappa shape index (κ1) is 21.7. The van der Waals surface area contributed by atoms with E-state index in [0.29, 0.717) is 5.71 Å². The van der Waals surface area contributed by atoms with E-state index in [0.717, 1.165) is 23.3 Å². The first-order chi connectivity index (χ1) is 15.4. The zero-order chi connectivity index (χ0) is 22.7. The van der Waals surface area contributed by atoms with Crippen molar-refractivity contribution in [2.24, 2.45) is 9.98 Å². The fraction of sp³-hybridized carbons (Fsp3) is 0.200. The van der Waals surface area contributed by atoms with Gasteiger partial charge in [0, 0.05) is 23.6 Å². The van der Waals surface area contributed by atoms with Gasteiger partial charge in [0.25, 0.3) is 6.43 Å². The number of hydrogen-bond donors (Lipinski definition) is 0. The van der Waals surface area contributed by atoms with Crippen LogP contribution >= 0.6 is 0 Å². The monoisotopic (exact) mass is 440 g/mol. The summed E-state index contributed by atoms with van der Waals surface area (Å²) in [7, 11) is 0. The van der Waals surface area contributed by atoms with Crippen molar-refractivity contribution >= 4 is 17.3 Å². The smallest absolute Gasteiger partial charge is 0.270 e. The first-order valence-electron chi connectivity index (χ1n) is 10.0. The van der Waals surface area contributed by atoms with E-state index in [1.54, 1.807) is 0 Å². The fourth-order valence-corrected chi connectivity index (χ4v) is 3.72. The molecular formula is C25H20F4N2O. The molecule has 32 heavy (non-hydrogen) atoms. The number of rotatable bonds is 5. The van der Waals surface area contributed by atoms with Crippen molar-refractivity contribution < 1.29 is 22.3 Å². The molecule has 0 saturated heterocycles. The second kappa shape index (κ2) is 8.94. The summed E-state index contributed by atoms with van der Waals surface area (Å²) in [4.78, 5) is 8.38. The fourth-order valence-electron chi connectivity index (χ4n) is 3.72. The molecule has 0 spiro atoms. The highest BCUT2D eigenvalue weighted by Gasteiger charge is 2.53. The summed E-state index contributed by atoms with van der Waals surface area (Å²) in [5.74, 6) is -1.10. The summed E-state index contributed by atoms with van der Waals surface area (Å²) in [6, 6.07) is 22.1. The van der Waals surface area contributed by atoms with Gasteiger partial charge in [-0.1, -0.05) is 60.7 Å². The number of aliphatic imine (C=N–C) groups is 2. The average Bonchev–Trinajstić information content (AvgIpc) is 2.81. The Morgan fingerprint density at radius 2 is 1.59 bits per heavy atom. The normalized spacial score (nSPS) is 20.4.